The first kappa shape index (κ1) is 28.4. The van der Waals surface area contributed by atoms with Gasteiger partial charge in [-0.15, -0.1) is 0 Å². The van der Waals surface area contributed by atoms with E-state index in [0.717, 1.165) is 29.5 Å². The summed E-state index contributed by atoms with van der Waals surface area (Å²) in [5.41, 5.74) is 6.17. The number of benzene rings is 4. The van der Waals surface area contributed by atoms with Gasteiger partial charge in [-0.05, 0) is 82.2 Å². The third kappa shape index (κ3) is 6.59. The average molecular weight is 547 g/mol. The van der Waals surface area contributed by atoms with Gasteiger partial charge >= 0.3 is 11.9 Å². The number of hydrogen-bond donors (Lipinski definition) is 0. The molecule has 0 bridgehead atoms. The first-order valence-corrected chi connectivity index (χ1v) is 14.3. The van der Waals surface area contributed by atoms with Crippen molar-refractivity contribution in [1.82, 2.24) is 0 Å². The highest BCUT2D eigenvalue weighted by Gasteiger charge is 2.38. The number of carbonyl (C=O) groups is 2. The fourth-order valence-corrected chi connectivity index (χ4v) is 5.66. The Bertz CT molecular complexity index is 1500. The number of fused-ring (bicyclic) bond motifs is 1. The van der Waals surface area contributed by atoms with E-state index in [1.165, 1.54) is 11.1 Å². The monoisotopic (exact) mass is 546 g/mol. The molecule has 1 unspecified atom stereocenters. The fraction of sp³-hybridized carbons (Fsp3) is 0.297. The van der Waals surface area contributed by atoms with E-state index in [2.05, 4.69) is 45.9 Å². The number of esters is 2. The predicted octanol–water partition coefficient (Wildman–Crippen LogP) is 8.32. The molecule has 4 aromatic carbocycles. The summed E-state index contributed by atoms with van der Waals surface area (Å²) in [6.07, 6.45) is 2.77. The Morgan fingerprint density at radius 2 is 1.29 bits per heavy atom. The molecule has 4 nitrogen and oxygen atoms in total. The molecule has 4 heteroatoms. The van der Waals surface area contributed by atoms with Gasteiger partial charge in [0.05, 0.1) is 11.5 Å². The van der Waals surface area contributed by atoms with Gasteiger partial charge in [-0.2, -0.15) is 0 Å². The Hall–Kier alpha value is -4.18. The minimum Gasteiger partial charge on any atom is -0.457 e. The highest BCUT2D eigenvalue weighted by atomic mass is 16.5. The Balaban J connectivity index is 1.36. The van der Waals surface area contributed by atoms with Crippen LogP contribution in [0.1, 0.15) is 84.6 Å². The number of rotatable bonds is 8. The van der Waals surface area contributed by atoms with Crippen LogP contribution in [0.3, 0.4) is 0 Å². The Morgan fingerprint density at radius 3 is 1.93 bits per heavy atom. The van der Waals surface area contributed by atoms with Crippen LogP contribution in [0.2, 0.25) is 0 Å². The lowest BCUT2D eigenvalue weighted by atomic mass is 9.62. The van der Waals surface area contributed by atoms with Crippen LogP contribution in [-0.2, 0) is 33.4 Å². The molecular formula is C37H38O4. The molecule has 1 atom stereocenters. The van der Waals surface area contributed by atoms with Crippen LogP contribution in [0, 0.1) is 0 Å². The summed E-state index contributed by atoms with van der Waals surface area (Å²) >= 11 is 0. The van der Waals surface area contributed by atoms with Gasteiger partial charge in [0.1, 0.15) is 12.4 Å². The molecule has 0 aromatic heterocycles. The lowest BCUT2D eigenvalue weighted by Crippen LogP contribution is -2.34. The third-order valence-corrected chi connectivity index (χ3v) is 8.37. The van der Waals surface area contributed by atoms with E-state index in [9.17, 15) is 9.59 Å². The third-order valence-electron chi connectivity index (χ3n) is 8.37. The topological polar surface area (TPSA) is 52.6 Å². The molecule has 1 aliphatic rings. The number of ether oxygens (including phenoxy) is 2. The van der Waals surface area contributed by atoms with Gasteiger partial charge in [-0.3, -0.25) is 4.79 Å². The summed E-state index contributed by atoms with van der Waals surface area (Å²) in [7, 11) is 0. The first-order chi connectivity index (χ1) is 19.6. The minimum atomic E-state index is -0.473. The maximum Gasteiger partial charge on any atom is 0.338 e. The zero-order valence-corrected chi connectivity index (χ0v) is 24.4. The molecule has 1 aliphatic carbocycles. The molecule has 0 radical (unpaired) electrons. The summed E-state index contributed by atoms with van der Waals surface area (Å²) in [6, 6.07) is 32.7. The van der Waals surface area contributed by atoms with Gasteiger partial charge in [0, 0.05) is 0 Å². The smallest absolute Gasteiger partial charge is 0.338 e. The van der Waals surface area contributed by atoms with E-state index in [0.29, 0.717) is 17.7 Å². The molecule has 5 rings (SSSR count). The van der Waals surface area contributed by atoms with Crippen molar-refractivity contribution in [2.75, 3.05) is 0 Å². The van der Waals surface area contributed by atoms with E-state index >= 15 is 0 Å². The molecule has 41 heavy (non-hydrogen) atoms. The molecule has 0 saturated heterocycles. The van der Waals surface area contributed by atoms with Gasteiger partial charge in [-0.1, -0.05) is 107 Å². The van der Waals surface area contributed by atoms with Crippen LogP contribution >= 0.6 is 0 Å². The average Bonchev–Trinajstić information content (AvgIpc) is 2.98. The largest absolute Gasteiger partial charge is 0.457 e. The summed E-state index contributed by atoms with van der Waals surface area (Å²) in [5, 5.41) is 0. The van der Waals surface area contributed by atoms with E-state index in [4.69, 9.17) is 9.47 Å². The van der Waals surface area contributed by atoms with Gasteiger partial charge in [0.15, 0.2) is 0 Å². The van der Waals surface area contributed by atoms with Crippen molar-refractivity contribution in [1.29, 1.82) is 0 Å². The van der Waals surface area contributed by atoms with Gasteiger partial charge < -0.3 is 9.47 Å². The number of hydrogen-bond acceptors (Lipinski definition) is 4. The quantitative estimate of drug-likeness (QED) is 0.165. The first-order valence-electron chi connectivity index (χ1n) is 14.3. The molecule has 0 N–H and O–H groups in total. The molecule has 4 aromatic rings. The van der Waals surface area contributed by atoms with Crippen molar-refractivity contribution in [2.45, 2.75) is 70.3 Å². The van der Waals surface area contributed by atoms with Crippen LogP contribution in [0.4, 0.5) is 0 Å². The van der Waals surface area contributed by atoms with Crippen LogP contribution in [0.5, 0.6) is 5.75 Å². The molecule has 0 heterocycles. The maximum atomic E-state index is 13.7. The Labute approximate surface area is 243 Å². The maximum absolute atomic E-state index is 13.7. The molecule has 210 valence electrons. The van der Waals surface area contributed by atoms with Crippen molar-refractivity contribution >= 4 is 11.9 Å². The molecule has 0 spiro atoms. The van der Waals surface area contributed by atoms with Crippen LogP contribution in [0.15, 0.2) is 103 Å². The standard InChI is InChI=1S/C37H38O4/c1-36(2)21-22-37(3,4)33-24-29(17-20-32(33)36)31(23-26-11-7-5-8-12-26)35(39)41-30-18-15-28(16-19-30)34(38)40-25-27-13-9-6-10-14-27/h5-20,24,31H,21-23,25H2,1-4H3. The summed E-state index contributed by atoms with van der Waals surface area (Å²) in [6.45, 7) is 9.39. The highest BCUT2D eigenvalue weighted by Crippen LogP contribution is 2.46. The van der Waals surface area contributed by atoms with E-state index in [-0.39, 0.29) is 23.4 Å². The van der Waals surface area contributed by atoms with E-state index < -0.39 is 11.9 Å². The predicted molar refractivity (Wildman–Crippen MR) is 162 cm³/mol. The second-order valence-electron chi connectivity index (χ2n) is 12.3. The normalized spacial score (nSPS) is 15.8. The molecule has 0 saturated carbocycles. The lowest BCUT2D eigenvalue weighted by Gasteiger charge is -2.42. The van der Waals surface area contributed by atoms with Crippen molar-refractivity contribution in [3.8, 4) is 5.75 Å². The van der Waals surface area contributed by atoms with Gasteiger partial charge in [-0.25, -0.2) is 4.79 Å². The molecule has 0 amide bonds. The van der Waals surface area contributed by atoms with Gasteiger partial charge in [0.25, 0.3) is 0 Å². The number of carbonyl (C=O) groups excluding carboxylic acids is 2. The van der Waals surface area contributed by atoms with Crippen LogP contribution in [0.25, 0.3) is 0 Å². The molecule has 0 fully saturated rings. The summed E-state index contributed by atoms with van der Waals surface area (Å²) < 4.78 is 11.3. The zero-order chi connectivity index (χ0) is 29.0. The zero-order valence-electron chi connectivity index (χ0n) is 24.4. The Morgan fingerprint density at radius 1 is 0.707 bits per heavy atom. The van der Waals surface area contributed by atoms with E-state index in [1.54, 1.807) is 24.3 Å². The van der Waals surface area contributed by atoms with Crippen molar-refractivity contribution in [2.24, 2.45) is 0 Å². The minimum absolute atomic E-state index is 0.0347. The van der Waals surface area contributed by atoms with E-state index in [1.807, 2.05) is 60.7 Å². The Kier molecular flexibility index (Phi) is 8.12. The van der Waals surface area contributed by atoms with Crippen molar-refractivity contribution < 1.29 is 19.1 Å². The van der Waals surface area contributed by atoms with Crippen molar-refractivity contribution in [3.63, 3.8) is 0 Å². The molecular weight excluding hydrogens is 508 g/mol. The van der Waals surface area contributed by atoms with Gasteiger partial charge in [0.2, 0.25) is 0 Å². The fourth-order valence-electron chi connectivity index (χ4n) is 5.66. The second-order valence-corrected chi connectivity index (χ2v) is 12.3. The second kappa shape index (κ2) is 11.7. The van der Waals surface area contributed by atoms with Crippen LogP contribution in [-0.4, -0.2) is 11.9 Å². The lowest BCUT2D eigenvalue weighted by molar-refractivity contribution is -0.136. The summed E-state index contributed by atoms with van der Waals surface area (Å²) in [5.74, 6) is -0.819. The highest BCUT2D eigenvalue weighted by molar-refractivity contribution is 5.89. The van der Waals surface area contributed by atoms with Crippen molar-refractivity contribution in [3.05, 3.63) is 137 Å². The van der Waals surface area contributed by atoms with Crippen LogP contribution < -0.4 is 4.74 Å². The summed E-state index contributed by atoms with van der Waals surface area (Å²) in [4.78, 5) is 26.3. The molecule has 0 aliphatic heterocycles. The SMILES string of the molecule is CC1(C)CCC(C)(C)c2cc(C(Cc3ccccc3)C(=O)Oc3ccc(C(=O)OCc4ccccc4)cc3)ccc21.